The summed E-state index contributed by atoms with van der Waals surface area (Å²) in [6.07, 6.45) is 0.755. The zero-order chi connectivity index (χ0) is 15.4. The Kier molecular flexibility index (Phi) is 4.65. The minimum atomic E-state index is -0.339. The number of aldehydes is 1. The largest absolute Gasteiger partial charge is 0.482 e. The normalized spacial score (nSPS) is 10.2. The van der Waals surface area contributed by atoms with Crippen LogP contribution in [0.2, 0.25) is 5.02 Å². The number of hydrogen-bond acceptors (Lipinski definition) is 3. The number of ether oxygens (including phenoxy) is 1. The van der Waals surface area contributed by atoms with Crippen LogP contribution in [0.3, 0.4) is 0 Å². The van der Waals surface area contributed by atoms with E-state index in [0.717, 1.165) is 12.0 Å². The summed E-state index contributed by atoms with van der Waals surface area (Å²) in [5.74, 6) is 0.109. The van der Waals surface area contributed by atoms with Gasteiger partial charge < -0.3 is 4.74 Å². The van der Waals surface area contributed by atoms with Gasteiger partial charge in [-0.05, 0) is 32.0 Å². The molecule has 1 aromatic heterocycles. The monoisotopic (exact) mass is 306 g/mol. The summed E-state index contributed by atoms with van der Waals surface area (Å²) in [7, 11) is 0. The number of carbonyl (C=O) groups excluding carboxylic acids is 2. The van der Waals surface area contributed by atoms with Gasteiger partial charge in [0.15, 0.2) is 12.9 Å². The van der Waals surface area contributed by atoms with Crippen molar-refractivity contribution in [3.63, 3.8) is 0 Å². The number of carbonyl (C=O) groups is 2. The van der Waals surface area contributed by atoms with Crippen molar-refractivity contribution < 1.29 is 14.3 Å². The minimum Gasteiger partial charge on any atom is -0.482 e. The standard InChI is InChI=1S/C15H15ClN2O3/c1-10-7-12(8-19)11(2)18(10)17-15(20)9-21-14-6-4-3-5-13(14)16/h3-8H,9H2,1-2H3,(H,17,20). The van der Waals surface area contributed by atoms with Crippen molar-refractivity contribution in [2.45, 2.75) is 13.8 Å². The number of amides is 1. The quantitative estimate of drug-likeness (QED) is 0.864. The van der Waals surface area contributed by atoms with Crippen LogP contribution in [0.4, 0.5) is 0 Å². The Bertz CT molecular complexity index is 680. The number of nitrogens with zero attached hydrogens (tertiary/aromatic N) is 1. The van der Waals surface area contributed by atoms with Crippen molar-refractivity contribution in [3.8, 4) is 5.75 Å². The molecule has 0 aliphatic rings. The number of para-hydroxylation sites is 1. The van der Waals surface area contributed by atoms with Crippen molar-refractivity contribution in [1.29, 1.82) is 0 Å². The first-order chi connectivity index (χ1) is 10.0. The Balaban J connectivity index is 2.01. The zero-order valence-electron chi connectivity index (χ0n) is 11.7. The molecule has 0 saturated heterocycles. The van der Waals surface area contributed by atoms with E-state index >= 15 is 0 Å². The van der Waals surface area contributed by atoms with Crippen LogP contribution in [-0.2, 0) is 4.79 Å². The molecule has 0 spiro atoms. The molecule has 5 nitrogen and oxygen atoms in total. The van der Waals surface area contributed by atoms with Gasteiger partial charge in [0.1, 0.15) is 5.75 Å². The molecule has 0 fully saturated rings. The second-order valence-electron chi connectivity index (χ2n) is 4.53. The molecule has 0 saturated carbocycles. The fraction of sp³-hybridized carbons (Fsp3) is 0.200. The van der Waals surface area contributed by atoms with Gasteiger partial charge in [-0.1, -0.05) is 23.7 Å². The molecular weight excluding hydrogens is 292 g/mol. The molecule has 0 bridgehead atoms. The second kappa shape index (κ2) is 6.45. The summed E-state index contributed by atoms with van der Waals surface area (Å²) in [6.45, 7) is 3.39. The fourth-order valence-corrected chi connectivity index (χ4v) is 2.13. The van der Waals surface area contributed by atoms with Crippen LogP contribution < -0.4 is 10.2 Å². The van der Waals surface area contributed by atoms with E-state index in [2.05, 4.69) is 5.43 Å². The molecule has 110 valence electrons. The maximum absolute atomic E-state index is 11.9. The zero-order valence-corrected chi connectivity index (χ0v) is 12.5. The Hall–Kier alpha value is -2.27. The third-order valence-electron chi connectivity index (χ3n) is 3.03. The molecule has 2 rings (SSSR count). The van der Waals surface area contributed by atoms with Crippen LogP contribution in [0.25, 0.3) is 0 Å². The highest BCUT2D eigenvalue weighted by atomic mass is 35.5. The van der Waals surface area contributed by atoms with Crippen molar-refractivity contribution >= 4 is 23.8 Å². The lowest BCUT2D eigenvalue weighted by molar-refractivity contribution is -0.119. The van der Waals surface area contributed by atoms with Crippen LogP contribution in [0, 0.1) is 13.8 Å². The molecule has 0 radical (unpaired) electrons. The summed E-state index contributed by atoms with van der Waals surface area (Å²) in [5.41, 5.74) is 4.65. The first-order valence-electron chi connectivity index (χ1n) is 6.34. The van der Waals surface area contributed by atoms with Gasteiger partial charge in [-0.15, -0.1) is 0 Å². The highest BCUT2D eigenvalue weighted by molar-refractivity contribution is 6.32. The number of halogens is 1. The van der Waals surface area contributed by atoms with E-state index < -0.39 is 0 Å². The van der Waals surface area contributed by atoms with Gasteiger partial charge >= 0.3 is 0 Å². The second-order valence-corrected chi connectivity index (χ2v) is 4.94. The lowest BCUT2D eigenvalue weighted by atomic mass is 10.3. The molecule has 0 aliphatic carbocycles. The lowest BCUT2D eigenvalue weighted by Gasteiger charge is -2.12. The number of nitrogens with one attached hydrogen (secondary N) is 1. The summed E-state index contributed by atoms with van der Waals surface area (Å²) in [5, 5.41) is 0.446. The van der Waals surface area contributed by atoms with Crippen molar-refractivity contribution in [2.24, 2.45) is 0 Å². The Morgan fingerprint density at radius 3 is 2.71 bits per heavy atom. The van der Waals surface area contributed by atoms with Crippen LogP contribution in [0.1, 0.15) is 21.7 Å². The average Bonchev–Trinajstić information content (AvgIpc) is 2.74. The highest BCUT2D eigenvalue weighted by Gasteiger charge is 2.11. The van der Waals surface area contributed by atoms with E-state index in [0.29, 0.717) is 22.0 Å². The molecule has 1 N–H and O–H groups in total. The molecule has 0 aliphatic heterocycles. The maximum atomic E-state index is 11.9. The summed E-state index contributed by atoms with van der Waals surface area (Å²) in [4.78, 5) is 22.8. The molecule has 2 aromatic rings. The molecule has 0 unspecified atom stereocenters. The maximum Gasteiger partial charge on any atom is 0.276 e. The van der Waals surface area contributed by atoms with Crippen LogP contribution >= 0.6 is 11.6 Å². The smallest absolute Gasteiger partial charge is 0.276 e. The number of rotatable bonds is 5. The Morgan fingerprint density at radius 1 is 1.38 bits per heavy atom. The molecule has 0 atom stereocenters. The third kappa shape index (κ3) is 3.44. The fourth-order valence-electron chi connectivity index (χ4n) is 1.94. The molecule has 1 amide bonds. The predicted octanol–water partition coefficient (Wildman–Crippen LogP) is 2.72. The van der Waals surface area contributed by atoms with E-state index in [1.807, 2.05) is 0 Å². The summed E-state index contributed by atoms with van der Waals surface area (Å²) < 4.78 is 6.91. The van der Waals surface area contributed by atoms with E-state index in [9.17, 15) is 9.59 Å². The van der Waals surface area contributed by atoms with Crippen LogP contribution in [-0.4, -0.2) is 23.5 Å². The van der Waals surface area contributed by atoms with Gasteiger partial charge in [-0.3, -0.25) is 19.7 Å². The molecule has 6 heteroatoms. The lowest BCUT2D eigenvalue weighted by Crippen LogP contribution is -2.29. The third-order valence-corrected chi connectivity index (χ3v) is 3.34. The highest BCUT2D eigenvalue weighted by Crippen LogP contribution is 2.22. The Labute approximate surface area is 127 Å². The topological polar surface area (TPSA) is 60.3 Å². The number of aromatic nitrogens is 1. The van der Waals surface area contributed by atoms with Gasteiger partial charge in [-0.25, -0.2) is 0 Å². The van der Waals surface area contributed by atoms with Crippen LogP contribution in [0.5, 0.6) is 5.75 Å². The van der Waals surface area contributed by atoms with Gasteiger partial charge in [0.2, 0.25) is 0 Å². The van der Waals surface area contributed by atoms with Gasteiger partial charge in [-0.2, -0.15) is 0 Å². The Morgan fingerprint density at radius 2 is 2.10 bits per heavy atom. The van der Waals surface area contributed by atoms with Gasteiger partial charge in [0.25, 0.3) is 5.91 Å². The molecule has 1 aromatic carbocycles. The number of hydrogen-bond donors (Lipinski definition) is 1. The minimum absolute atomic E-state index is 0.169. The van der Waals surface area contributed by atoms with Crippen molar-refractivity contribution in [1.82, 2.24) is 4.68 Å². The SMILES string of the molecule is Cc1cc(C=O)c(C)n1NC(=O)COc1ccccc1Cl. The van der Waals surface area contributed by atoms with Crippen LogP contribution in [0.15, 0.2) is 30.3 Å². The van der Waals surface area contributed by atoms with Gasteiger partial charge in [0.05, 0.1) is 5.02 Å². The van der Waals surface area contributed by atoms with E-state index in [1.165, 1.54) is 0 Å². The first kappa shape index (κ1) is 15.1. The van der Waals surface area contributed by atoms with Crippen molar-refractivity contribution in [2.75, 3.05) is 12.0 Å². The van der Waals surface area contributed by atoms with Crippen molar-refractivity contribution in [3.05, 3.63) is 52.3 Å². The van der Waals surface area contributed by atoms with E-state index in [1.54, 1.807) is 48.9 Å². The summed E-state index contributed by atoms with van der Waals surface area (Å²) in [6, 6.07) is 8.63. The number of aryl methyl sites for hydroxylation is 1. The number of benzene rings is 1. The summed E-state index contributed by atoms with van der Waals surface area (Å²) >= 11 is 5.94. The predicted molar refractivity (Wildman–Crippen MR) is 80.6 cm³/mol. The molecule has 1 heterocycles. The molecule has 21 heavy (non-hydrogen) atoms. The molecular formula is C15H15ClN2O3. The van der Waals surface area contributed by atoms with E-state index in [4.69, 9.17) is 16.3 Å². The first-order valence-corrected chi connectivity index (χ1v) is 6.72. The van der Waals surface area contributed by atoms with E-state index in [-0.39, 0.29) is 12.5 Å². The average molecular weight is 307 g/mol. The van der Waals surface area contributed by atoms with Gasteiger partial charge in [0, 0.05) is 17.0 Å².